The lowest BCUT2D eigenvalue weighted by Crippen LogP contribution is -2.13. The van der Waals surface area contributed by atoms with Crippen LogP contribution in [0.2, 0.25) is 0 Å². The van der Waals surface area contributed by atoms with Crippen molar-refractivity contribution in [3.63, 3.8) is 0 Å². The van der Waals surface area contributed by atoms with Crippen molar-refractivity contribution in [1.29, 1.82) is 0 Å². The molecule has 3 aromatic rings. The summed E-state index contributed by atoms with van der Waals surface area (Å²) in [7, 11) is 0. The van der Waals surface area contributed by atoms with E-state index in [2.05, 4.69) is 25.6 Å². The Kier molecular flexibility index (Phi) is 5.50. The van der Waals surface area contributed by atoms with Crippen molar-refractivity contribution in [2.75, 3.05) is 10.6 Å². The van der Waals surface area contributed by atoms with Crippen LogP contribution in [0.4, 0.5) is 11.6 Å². The minimum Gasteiger partial charge on any atom is -0.301 e. The SMILES string of the molecule is O=C(C=Cc1cccs1)Nc1nonc1NC(=O)C=Cc1cccs1. The number of thiophene rings is 2. The highest BCUT2D eigenvalue weighted by atomic mass is 32.1. The van der Waals surface area contributed by atoms with Crippen molar-refractivity contribution in [2.45, 2.75) is 0 Å². The molecule has 7 nitrogen and oxygen atoms in total. The minimum absolute atomic E-state index is 0.0405. The van der Waals surface area contributed by atoms with Crippen LogP contribution in [0.3, 0.4) is 0 Å². The van der Waals surface area contributed by atoms with Gasteiger partial charge in [-0.1, -0.05) is 12.1 Å². The van der Waals surface area contributed by atoms with Gasteiger partial charge in [0.15, 0.2) is 0 Å². The van der Waals surface area contributed by atoms with E-state index in [-0.39, 0.29) is 11.6 Å². The van der Waals surface area contributed by atoms with Gasteiger partial charge in [-0.3, -0.25) is 9.59 Å². The first kappa shape index (κ1) is 16.8. The number of carbonyl (C=O) groups is 2. The zero-order valence-corrected chi connectivity index (χ0v) is 14.3. The average Bonchev–Trinajstić information content (AvgIpc) is 3.35. The number of hydrogen-bond donors (Lipinski definition) is 2. The largest absolute Gasteiger partial charge is 0.301 e. The summed E-state index contributed by atoms with van der Waals surface area (Å²) in [5.74, 6) is -0.736. The van der Waals surface area contributed by atoms with E-state index in [0.717, 1.165) is 9.75 Å². The van der Waals surface area contributed by atoms with Crippen molar-refractivity contribution in [3.8, 4) is 0 Å². The fraction of sp³-hybridized carbons (Fsp3) is 0. The molecule has 0 spiro atoms. The standard InChI is InChI=1S/C16H12N4O3S2/c21-13(7-5-11-3-1-9-24-11)17-15-16(20-23-19-15)18-14(22)8-6-12-4-2-10-25-12/h1-10H,(H,17,19,21)(H,18,20,22). The molecule has 0 radical (unpaired) electrons. The van der Waals surface area contributed by atoms with E-state index in [1.54, 1.807) is 12.2 Å². The summed E-state index contributed by atoms with van der Waals surface area (Å²) < 4.78 is 4.57. The molecule has 0 aliphatic rings. The molecule has 0 aliphatic heterocycles. The summed E-state index contributed by atoms with van der Waals surface area (Å²) >= 11 is 3.02. The molecule has 25 heavy (non-hydrogen) atoms. The number of carbonyl (C=O) groups excluding carboxylic acids is 2. The highest BCUT2D eigenvalue weighted by molar-refractivity contribution is 7.11. The number of anilines is 2. The molecule has 3 heterocycles. The molecule has 9 heteroatoms. The molecule has 0 aliphatic carbocycles. The van der Waals surface area contributed by atoms with Crippen molar-refractivity contribution >= 4 is 58.3 Å². The normalized spacial score (nSPS) is 11.2. The Morgan fingerprint density at radius 1 is 0.880 bits per heavy atom. The Labute approximate surface area is 150 Å². The van der Waals surface area contributed by atoms with Gasteiger partial charge in [0.1, 0.15) is 0 Å². The van der Waals surface area contributed by atoms with E-state index in [9.17, 15) is 9.59 Å². The van der Waals surface area contributed by atoms with Crippen LogP contribution >= 0.6 is 22.7 Å². The van der Waals surface area contributed by atoms with Gasteiger partial charge < -0.3 is 10.6 Å². The second-order valence-electron chi connectivity index (χ2n) is 4.64. The van der Waals surface area contributed by atoms with Gasteiger partial charge in [0.2, 0.25) is 23.5 Å². The highest BCUT2D eigenvalue weighted by Gasteiger charge is 2.13. The van der Waals surface area contributed by atoms with Gasteiger partial charge in [0.05, 0.1) is 0 Å². The number of aromatic nitrogens is 2. The van der Waals surface area contributed by atoms with E-state index in [0.29, 0.717) is 0 Å². The lowest BCUT2D eigenvalue weighted by molar-refractivity contribution is -0.112. The van der Waals surface area contributed by atoms with Crippen LogP contribution in [0.15, 0.2) is 51.8 Å². The maximum Gasteiger partial charge on any atom is 0.249 e. The molecule has 0 aromatic carbocycles. The van der Waals surface area contributed by atoms with Crippen LogP contribution < -0.4 is 10.6 Å². The van der Waals surface area contributed by atoms with Crippen molar-refractivity contribution in [2.24, 2.45) is 0 Å². The summed E-state index contributed by atoms with van der Waals surface area (Å²) in [6, 6.07) is 7.55. The summed E-state index contributed by atoms with van der Waals surface area (Å²) in [6.45, 7) is 0. The van der Waals surface area contributed by atoms with Gasteiger partial charge in [-0.25, -0.2) is 4.63 Å². The molecule has 0 bridgehead atoms. The van der Waals surface area contributed by atoms with Crippen molar-refractivity contribution in [1.82, 2.24) is 10.3 Å². The van der Waals surface area contributed by atoms with Crippen LogP contribution in [0.25, 0.3) is 12.2 Å². The van der Waals surface area contributed by atoms with Gasteiger partial charge >= 0.3 is 0 Å². The van der Waals surface area contributed by atoms with Crippen LogP contribution in [-0.4, -0.2) is 22.1 Å². The Balaban J connectivity index is 1.58. The lowest BCUT2D eigenvalue weighted by atomic mass is 10.4. The number of nitrogens with zero attached hydrogens (tertiary/aromatic N) is 2. The smallest absolute Gasteiger partial charge is 0.249 e. The lowest BCUT2D eigenvalue weighted by Gasteiger charge is -2.00. The molecule has 2 amide bonds. The quantitative estimate of drug-likeness (QED) is 0.646. The Bertz CT molecular complexity index is 823. The molecule has 0 saturated carbocycles. The van der Waals surface area contributed by atoms with Crippen LogP contribution in [0.5, 0.6) is 0 Å². The summed E-state index contributed by atoms with van der Waals surface area (Å²) in [5.41, 5.74) is 0. The molecule has 0 saturated heterocycles. The molecule has 0 unspecified atom stereocenters. The molecular weight excluding hydrogens is 360 g/mol. The van der Waals surface area contributed by atoms with Gasteiger partial charge in [-0.05, 0) is 45.4 Å². The first-order valence-corrected chi connectivity index (χ1v) is 8.84. The highest BCUT2D eigenvalue weighted by Crippen LogP contribution is 2.17. The Morgan fingerprint density at radius 3 is 1.76 bits per heavy atom. The topological polar surface area (TPSA) is 97.1 Å². The van der Waals surface area contributed by atoms with E-state index in [4.69, 9.17) is 0 Å². The fourth-order valence-corrected chi connectivity index (χ4v) is 2.99. The van der Waals surface area contributed by atoms with Crippen LogP contribution in [0.1, 0.15) is 9.75 Å². The maximum atomic E-state index is 11.9. The summed E-state index contributed by atoms with van der Waals surface area (Å²) in [6.07, 6.45) is 6.08. The average molecular weight is 372 g/mol. The molecule has 0 fully saturated rings. The molecule has 0 atom stereocenters. The van der Waals surface area contributed by atoms with Gasteiger partial charge in [0.25, 0.3) is 0 Å². The number of hydrogen-bond acceptors (Lipinski definition) is 7. The van der Waals surface area contributed by atoms with Crippen LogP contribution in [0, 0.1) is 0 Å². The van der Waals surface area contributed by atoms with E-state index in [1.165, 1.54) is 34.8 Å². The third kappa shape index (κ3) is 4.96. The second kappa shape index (κ2) is 8.18. The molecular formula is C16H12N4O3S2. The van der Waals surface area contributed by atoms with E-state index in [1.807, 2.05) is 35.0 Å². The number of amides is 2. The predicted octanol–water partition coefficient (Wildman–Crippen LogP) is 3.50. The fourth-order valence-electron chi connectivity index (χ4n) is 1.76. The zero-order chi connectivity index (χ0) is 17.5. The number of nitrogens with one attached hydrogen (secondary N) is 2. The molecule has 3 rings (SSSR count). The van der Waals surface area contributed by atoms with Crippen molar-refractivity contribution in [3.05, 3.63) is 56.9 Å². The molecule has 3 aromatic heterocycles. The Morgan fingerprint density at radius 2 is 1.36 bits per heavy atom. The van der Waals surface area contributed by atoms with E-state index >= 15 is 0 Å². The third-order valence-electron chi connectivity index (χ3n) is 2.86. The maximum absolute atomic E-state index is 11.9. The first-order valence-electron chi connectivity index (χ1n) is 7.08. The van der Waals surface area contributed by atoms with Crippen LogP contribution in [-0.2, 0) is 9.59 Å². The predicted molar refractivity (Wildman–Crippen MR) is 98.3 cm³/mol. The second-order valence-corrected chi connectivity index (χ2v) is 6.60. The van der Waals surface area contributed by atoms with Crippen molar-refractivity contribution < 1.29 is 14.2 Å². The molecule has 2 N–H and O–H groups in total. The zero-order valence-electron chi connectivity index (χ0n) is 12.7. The first-order chi connectivity index (χ1) is 12.2. The van der Waals surface area contributed by atoms with Gasteiger partial charge in [-0.2, -0.15) is 0 Å². The number of rotatable bonds is 6. The third-order valence-corrected chi connectivity index (χ3v) is 4.53. The summed E-state index contributed by atoms with van der Waals surface area (Å²) in [5, 5.41) is 16.0. The monoisotopic (exact) mass is 372 g/mol. The molecule has 126 valence electrons. The van der Waals surface area contributed by atoms with E-state index < -0.39 is 11.8 Å². The van der Waals surface area contributed by atoms with Gasteiger partial charge in [0, 0.05) is 21.9 Å². The summed E-state index contributed by atoms with van der Waals surface area (Å²) in [4.78, 5) is 25.7. The minimum atomic E-state index is -0.409. The Hall–Kier alpha value is -3.04. The van der Waals surface area contributed by atoms with Gasteiger partial charge in [-0.15, -0.1) is 22.7 Å².